The highest BCUT2D eigenvalue weighted by atomic mass is 16.4. The Bertz CT molecular complexity index is 790. The number of rotatable bonds is 9. The fourth-order valence-corrected chi connectivity index (χ4v) is 4.45. The number of piperidine rings is 2. The molecule has 2 amide bonds. The number of benzene rings is 1. The van der Waals surface area contributed by atoms with Gasteiger partial charge in [-0.25, -0.2) is 4.79 Å². The molecule has 2 aliphatic heterocycles. The van der Waals surface area contributed by atoms with Gasteiger partial charge in [-0.3, -0.25) is 9.59 Å². The van der Waals surface area contributed by atoms with Gasteiger partial charge in [0, 0.05) is 13.1 Å². The highest BCUT2D eigenvalue weighted by Gasteiger charge is 2.30. The van der Waals surface area contributed by atoms with Crippen LogP contribution in [0.3, 0.4) is 0 Å². The van der Waals surface area contributed by atoms with Gasteiger partial charge in [0.1, 0.15) is 6.04 Å². The van der Waals surface area contributed by atoms with E-state index in [9.17, 15) is 19.5 Å². The first-order valence-electron chi connectivity index (χ1n) is 11.8. The van der Waals surface area contributed by atoms with Gasteiger partial charge in [-0.1, -0.05) is 36.4 Å². The fourth-order valence-electron chi connectivity index (χ4n) is 4.45. The smallest absolute Gasteiger partial charge is 0.326 e. The van der Waals surface area contributed by atoms with Crippen LogP contribution in [0, 0.1) is 11.8 Å². The van der Waals surface area contributed by atoms with E-state index in [-0.39, 0.29) is 17.7 Å². The molecule has 0 radical (unpaired) electrons. The number of nitrogens with zero attached hydrogens (tertiary/aromatic N) is 1. The van der Waals surface area contributed by atoms with Crippen LogP contribution in [0.15, 0.2) is 42.5 Å². The van der Waals surface area contributed by atoms with Gasteiger partial charge in [0.25, 0.3) is 0 Å². The van der Waals surface area contributed by atoms with Crippen molar-refractivity contribution in [2.45, 2.75) is 51.0 Å². The lowest BCUT2D eigenvalue weighted by Crippen LogP contribution is -2.49. The van der Waals surface area contributed by atoms with Crippen LogP contribution in [0.5, 0.6) is 0 Å². The standard InChI is InChI=1S/C25H35N3O4/c29-23(12-11-20-13-15-26-16-14-20)28-17-5-9-21(18-28)24(30)27-22(25(31)32)10-4-8-19-6-2-1-3-7-19/h1-3,6-7,11-12,20-22,26H,4-5,8-10,13-18H2,(H,27,30)(H,31,32)/b12-11+/t21-,22+/m1/s1. The summed E-state index contributed by atoms with van der Waals surface area (Å²) in [4.78, 5) is 38.8. The Morgan fingerprint density at radius 2 is 1.91 bits per heavy atom. The zero-order chi connectivity index (χ0) is 22.8. The van der Waals surface area contributed by atoms with Crippen LogP contribution in [0.1, 0.15) is 44.1 Å². The van der Waals surface area contributed by atoms with Crippen molar-refractivity contribution >= 4 is 17.8 Å². The molecule has 0 aliphatic carbocycles. The Hall–Kier alpha value is -2.67. The maximum absolute atomic E-state index is 12.8. The van der Waals surface area contributed by atoms with Crippen LogP contribution in [-0.2, 0) is 20.8 Å². The van der Waals surface area contributed by atoms with E-state index in [1.54, 1.807) is 11.0 Å². The van der Waals surface area contributed by atoms with E-state index in [1.165, 1.54) is 0 Å². The maximum Gasteiger partial charge on any atom is 0.326 e. The SMILES string of the molecule is O=C(N[C@@H](CCCc1ccccc1)C(=O)O)[C@@H]1CCCN(C(=O)/C=C/C2CCNCC2)C1. The number of carbonyl (C=O) groups is 3. The molecule has 0 aromatic heterocycles. The molecule has 2 heterocycles. The highest BCUT2D eigenvalue weighted by Crippen LogP contribution is 2.19. The summed E-state index contributed by atoms with van der Waals surface area (Å²) in [5, 5.41) is 15.6. The van der Waals surface area contributed by atoms with E-state index in [4.69, 9.17) is 0 Å². The predicted octanol–water partition coefficient (Wildman–Crippen LogP) is 2.37. The molecular formula is C25H35N3O4. The van der Waals surface area contributed by atoms with E-state index < -0.39 is 12.0 Å². The molecule has 7 heteroatoms. The highest BCUT2D eigenvalue weighted by molar-refractivity contribution is 5.89. The number of carboxylic acid groups (broad SMARTS) is 1. The second-order valence-electron chi connectivity index (χ2n) is 8.85. The number of amides is 2. The Morgan fingerprint density at radius 3 is 2.62 bits per heavy atom. The monoisotopic (exact) mass is 441 g/mol. The van der Waals surface area contributed by atoms with Crippen molar-refractivity contribution in [1.29, 1.82) is 0 Å². The molecule has 0 bridgehead atoms. The first-order chi connectivity index (χ1) is 15.5. The van der Waals surface area contributed by atoms with Gasteiger partial charge in [-0.05, 0) is 75.6 Å². The van der Waals surface area contributed by atoms with Crippen molar-refractivity contribution in [3.63, 3.8) is 0 Å². The maximum atomic E-state index is 12.8. The lowest BCUT2D eigenvalue weighted by atomic mass is 9.95. The molecule has 32 heavy (non-hydrogen) atoms. The normalized spacial score (nSPS) is 20.8. The number of allylic oxidation sites excluding steroid dienone is 1. The summed E-state index contributed by atoms with van der Waals surface area (Å²) >= 11 is 0. The molecule has 1 aromatic carbocycles. The number of aliphatic carboxylic acids is 1. The Balaban J connectivity index is 1.47. The van der Waals surface area contributed by atoms with Crippen molar-refractivity contribution in [2.24, 2.45) is 11.8 Å². The van der Waals surface area contributed by atoms with Crippen LogP contribution in [0.4, 0.5) is 0 Å². The fraction of sp³-hybridized carbons (Fsp3) is 0.560. The first-order valence-corrected chi connectivity index (χ1v) is 11.8. The van der Waals surface area contributed by atoms with Gasteiger partial charge in [0.15, 0.2) is 0 Å². The second kappa shape index (κ2) is 12.4. The molecule has 0 saturated carbocycles. The third-order valence-corrected chi connectivity index (χ3v) is 6.41. The number of hydrogen-bond donors (Lipinski definition) is 3. The van der Waals surface area contributed by atoms with Crippen molar-refractivity contribution in [3.8, 4) is 0 Å². The van der Waals surface area contributed by atoms with Crippen LogP contribution < -0.4 is 10.6 Å². The third kappa shape index (κ3) is 7.48. The van der Waals surface area contributed by atoms with Gasteiger partial charge < -0.3 is 20.6 Å². The molecule has 2 aliphatic rings. The summed E-state index contributed by atoms with van der Waals surface area (Å²) in [7, 11) is 0. The topological polar surface area (TPSA) is 98.7 Å². The first kappa shape index (κ1) is 24.0. The van der Waals surface area contributed by atoms with E-state index in [2.05, 4.69) is 10.6 Å². The number of nitrogens with one attached hydrogen (secondary N) is 2. The molecule has 0 unspecified atom stereocenters. The molecule has 3 rings (SSSR count). The summed E-state index contributed by atoms with van der Waals surface area (Å²) in [5.74, 6) is -1.28. The zero-order valence-corrected chi connectivity index (χ0v) is 18.7. The minimum atomic E-state index is -1.01. The average Bonchev–Trinajstić information content (AvgIpc) is 2.83. The van der Waals surface area contributed by atoms with E-state index >= 15 is 0 Å². The molecule has 2 fully saturated rings. The quantitative estimate of drug-likeness (QED) is 0.511. The molecule has 3 N–H and O–H groups in total. The molecule has 0 spiro atoms. The predicted molar refractivity (Wildman–Crippen MR) is 123 cm³/mol. The Morgan fingerprint density at radius 1 is 1.16 bits per heavy atom. The average molecular weight is 442 g/mol. The second-order valence-corrected chi connectivity index (χ2v) is 8.85. The Labute approximate surface area is 190 Å². The van der Waals surface area contributed by atoms with E-state index in [0.29, 0.717) is 38.3 Å². The summed E-state index contributed by atoms with van der Waals surface area (Å²) < 4.78 is 0. The molecule has 1 aromatic rings. The van der Waals surface area contributed by atoms with Crippen molar-refractivity contribution in [1.82, 2.24) is 15.5 Å². The lowest BCUT2D eigenvalue weighted by molar-refractivity contribution is -0.143. The van der Waals surface area contributed by atoms with Crippen molar-refractivity contribution in [3.05, 3.63) is 48.0 Å². The van der Waals surface area contributed by atoms with Crippen molar-refractivity contribution < 1.29 is 19.5 Å². The van der Waals surface area contributed by atoms with E-state index in [1.807, 2.05) is 36.4 Å². The summed E-state index contributed by atoms with van der Waals surface area (Å²) in [6, 6.07) is 9.00. The van der Waals surface area contributed by atoms with Crippen molar-refractivity contribution in [2.75, 3.05) is 26.2 Å². The minimum Gasteiger partial charge on any atom is -0.480 e. The van der Waals surface area contributed by atoms with Gasteiger partial charge in [0.2, 0.25) is 11.8 Å². The minimum absolute atomic E-state index is 0.0568. The van der Waals surface area contributed by atoms with Crippen LogP contribution in [0.2, 0.25) is 0 Å². The molecule has 174 valence electrons. The molecule has 2 atom stereocenters. The van der Waals surface area contributed by atoms with Crippen LogP contribution in [0.25, 0.3) is 0 Å². The summed E-state index contributed by atoms with van der Waals surface area (Å²) in [6.07, 6.45) is 8.98. The summed E-state index contributed by atoms with van der Waals surface area (Å²) in [6.45, 7) is 2.94. The largest absolute Gasteiger partial charge is 0.480 e. The molecule has 7 nitrogen and oxygen atoms in total. The van der Waals surface area contributed by atoms with Gasteiger partial charge in [-0.2, -0.15) is 0 Å². The zero-order valence-electron chi connectivity index (χ0n) is 18.7. The number of carboxylic acids is 1. The molecular weight excluding hydrogens is 406 g/mol. The van der Waals surface area contributed by atoms with Gasteiger partial charge in [0.05, 0.1) is 5.92 Å². The lowest BCUT2D eigenvalue weighted by Gasteiger charge is -2.32. The third-order valence-electron chi connectivity index (χ3n) is 6.41. The Kier molecular flexibility index (Phi) is 9.28. The van der Waals surface area contributed by atoms with Crippen LogP contribution in [-0.4, -0.2) is 60.0 Å². The van der Waals surface area contributed by atoms with Crippen LogP contribution >= 0.6 is 0 Å². The van der Waals surface area contributed by atoms with Gasteiger partial charge in [-0.15, -0.1) is 0 Å². The number of hydrogen-bond acceptors (Lipinski definition) is 4. The molecule has 2 saturated heterocycles. The van der Waals surface area contributed by atoms with Gasteiger partial charge >= 0.3 is 5.97 Å². The number of likely N-dealkylation sites (tertiary alicyclic amines) is 1. The number of carbonyl (C=O) groups excluding carboxylic acids is 2. The summed E-state index contributed by atoms with van der Waals surface area (Å²) in [5.41, 5.74) is 1.15. The van der Waals surface area contributed by atoms with E-state index in [0.717, 1.165) is 44.3 Å². The number of aryl methyl sites for hydroxylation is 1.